The van der Waals surface area contributed by atoms with Crippen molar-refractivity contribution < 1.29 is 24.5 Å². The van der Waals surface area contributed by atoms with E-state index in [2.05, 4.69) is 19.2 Å². The molecule has 0 heterocycles. The lowest BCUT2D eigenvalue weighted by molar-refractivity contribution is -0.143. The number of aliphatic hydroxyl groups is 2. The largest absolute Gasteiger partial charge is 0.466 e. The number of esters is 1. The number of aliphatic hydroxyl groups excluding tert-OH is 2. The summed E-state index contributed by atoms with van der Waals surface area (Å²) >= 11 is 0. The average molecular weight is 1120 g/mol. The molecule has 79 heavy (non-hydrogen) atoms. The van der Waals surface area contributed by atoms with Crippen molar-refractivity contribution in [2.75, 3.05) is 13.2 Å². The number of nitrogens with one attached hydrogen (secondary N) is 1. The van der Waals surface area contributed by atoms with Crippen molar-refractivity contribution in [3.63, 3.8) is 0 Å². The number of hydrogen-bond acceptors (Lipinski definition) is 5. The van der Waals surface area contributed by atoms with Gasteiger partial charge < -0.3 is 20.3 Å². The molecule has 0 radical (unpaired) electrons. The minimum atomic E-state index is -0.658. The summed E-state index contributed by atoms with van der Waals surface area (Å²) in [5, 5.41) is 23.3. The van der Waals surface area contributed by atoms with Crippen LogP contribution in [-0.4, -0.2) is 47.4 Å². The van der Waals surface area contributed by atoms with Gasteiger partial charge >= 0.3 is 5.97 Å². The van der Waals surface area contributed by atoms with Crippen LogP contribution in [0.2, 0.25) is 0 Å². The van der Waals surface area contributed by atoms with Crippen molar-refractivity contribution in [3.05, 3.63) is 0 Å². The number of amides is 1. The van der Waals surface area contributed by atoms with Crippen LogP contribution in [0, 0.1) is 0 Å². The molecule has 0 aliphatic rings. The van der Waals surface area contributed by atoms with E-state index in [4.69, 9.17) is 4.74 Å². The maximum atomic E-state index is 12.5. The van der Waals surface area contributed by atoms with Gasteiger partial charge in [-0.2, -0.15) is 0 Å². The molecule has 0 aliphatic heterocycles. The zero-order chi connectivity index (χ0) is 57.1. The van der Waals surface area contributed by atoms with E-state index in [9.17, 15) is 19.8 Å². The minimum Gasteiger partial charge on any atom is -0.466 e. The smallest absolute Gasteiger partial charge is 0.305 e. The Bertz CT molecular complexity index is 1150. The molecule has 0 aromatic rings. The van der Waals surface area contributed by atoms with Gasteiger partial charge in [0, 0.05) is 12.8 Å². The third kappa shape index (κ3) is 65.9. The summed E-state index contributed by atoms with van der Waals surface area (Å²) in [6, 6.07) is -0.535. The lowest BCUT2D eigenvalue weighted by atomic mass is 10.0. The van der Waals surface area contributed by atoms with E-state index in [-0.39, 0.29) is 18.5 Å². The van der Waals surface area contributed by atoms with Gasteiger partial charge in [-0.3, -0.25) is 9.59 Å². The van der Waals surface area contributed by atoms with Gasteiger partial charge in [-0.15, -0.1) is 0 Å². The number of unbranched alkanes of at least 4 members (excludes halogenated alkanes) is 59. The first-order valence-electron chi connectivity index (χ1n) is 36.8. The zero-order valence-electron chi connectivity index (χ0n) is 54.2. The molecule has 0 bridgehead atoms. The van der Waals surface area contributed by atoms with Gasteiger partial charge in [0.1, 0.15) is 0 Å². The Hall–Kier alpha value is -1.14. The second-order valence-corrected chi connectivity index (χ2v) is 25.6. The third-order valence-corrected chi connectivity index (χ3v) is 17.7. The minimum absolute atomic E-state index is 0.0260. The molecule has 2 unspecified atom stereocenters. The Morgan fingerprint density at radius 1 is 0.304 bits per heavy atom. The second-order valence-electron chi connectivity index (χ2n) is 25.6. The fourth-order valence-corrected chi connectivity index (χ4v) is 12.1. The normalized spacial score (nSPS) is 12.4. The highest BCUT2D eigenvalue weighted by Crippen LogP contribution is 2.20. The van der Waals surface area contributed by atoms with Crippen molar-refractivity contribution in [2.45, 2.75) is 443 Å². The molecule has 0 spiro atoms. The number of carbonyl (C=O) groups excluding carboxylic acids is 2. The van der Waals surface area contributed by atoms with Gasteiger partial charge in [0.05, 0.1) is 25.4 Å². The van der Waals surface area contributed by atoms with E-state index >= 15 is 0 Å². The number of rotatable bonds is 70. The molecule has 0 aromatic heterocycles. The molecule has 0 fully saturated rings. The van der Waals surface area contributed by atoms with E-state index in [0.29, 0.717) is 25.9 Å². The second kappa shape index (κ2) is 69.4. The highest BCUT2D eigenvalue weighted by atomic mass is 16.5. The molecular formula is C73H145NO5. The number of ether oxygens (including phenoxy) is 1. The lowest BCUT2D eigenvalue weighted by Crippen LogP contribution is -2.45. The molecule has 0 saturated carbocycles. The van der Waals surface area contributed by atoms with E-state index in [0.717, 1.165) is 38.5 Å². The molecule has 472 valence electrons. The van der Waals surface area contributed by atoms with Crippen LogP contribution >= 0.6 is 0 Å². The topological polar surface area (TPSA) is 95.9 Å². The average Bonchev–Trinajstić information content (AvgIpc) is 3.45. The van der Waals surface area contributed by atoms with E-state index in [1.807, 2.05) is 0 Å². The summed E-state index contributed by atoms with van der Waals surface area (Å²) in [6.07, 6.45) is 84.7. The Morgan fingerprint density at radius 2 is 0.519 bits per heavy atom. The fourth-order valence-electron chi connectivity index (χ4n) is 12.1. The number of hydrogen-bond donors (Lipinski definition) is 3. The first-order valence-corrected chi connectivity index (χ1v) is 36.8. The predicted molar refractivity (Wildman–Crippen MR) is 347 cm³/mol. The van der Waals surface area contributed by atoms with E-state index in [1.165, 1.54) is 360 Å². The summed E-state index contributed by atoms with van der Waals surface area (Å²) in [6.45, 7) is 4.99. The standard InChI is InChI=1S/C73H145NO5/c1-3-5-7-9-11-13-15-42-47-51-55-59-63-67-73(78)79-68-64-60-56-52-48-44-41-39-37-35-33-31-29-27-25-23-21-19-17-18-20-22-24-26-28-30-32-34-36-38-40-43-46-50-54-58-62-66-72(77)74-70(69-75)71(76)65-61-57-53-49-45-16-14-12-10-8-6-4-2/h70-71,75-76H,3-69H2,1-2H3,(H,74,77). The van der Waals surface area contributed by atoms with Crippen LogP contribution in [0.3, 0.4) is 0 Å². The van der Waals surface area contributed by atoms with Crippen LogP contribution < -0.4 is 5.32 Å². The maximum absolute atomic E-state index is 12.5. The van der Waals surface area contributed by atoms with Crippen LogP contribution in [0.15, 0.2) is 0 Å². The number of carbonyl (C=O) groups is 2. The van der Waals surface area contributed by atoms with E-state index < -0.39 is 12.1 Å². The van der Waals surface area contributed by atoms with E-state index in [1.54, 1.807) is 0 Å². The van der Waals surface area contributed by atoms with Crippen LogP contribution in [-0.2, 0) is 14.3 Å². The van der Waals surface area contributed by atoms with Crippen molar-refractivity contribution in [1.29, 1.82) is 0 Å². The quantitative estimate of drug-likeness (QED) is 0.0417. The molecular weight excluding hydrogens is 971 g/mol. The molecule has 2 atom stereocenters. The Kier molecular flexibility index (Phi) is 68.4. The Balaban J connectivity index is 3.27. The van der Waals surface area contributed by atoms with Gasteiger partial charge in [-0.05, 0) is 25.7 Å². The Labute approximate surface area is 496 Å². The van der Waals surface area contributed by atoms with Gasteiger partial charge in [0.2, 0.25) is 5.91 Å². The lowest BCUT2D eigenvalue weighted by Gasteiger charge is -2.22. The van der Waals surface area contributed by atoms with Gasteiger partial charge in [-0.1, -0.05) is 393 Å². The summed E-state index contributed by atoms with van der Waals surface area (Å²) in [7, 11) is 0. The predicted octanol–water partition coefficient (Wildman–Crippen LogP) is 23.8. The van der Waals surface area contributed by atoms with Crippen LogP contribution in [0.1, 0.15) is 431 Å². The van der Waals surface area contributed by atoms with Crippen molar-refractivity contribution in [1.82, 2.24) is 5.32 Å². The first-order chi connectivity index (χ1) is 39.0. The van der Waals surface area contributed by atoms with Gasteiger partial charge in [0.25, 0.3) is 0 Å². The SMILES string of the molecule is CCCCCCCCCCCCCCCC(=O)OCCCCCCCCCCCCCCCCCCCCCCCCCCCCCCCCCCCCCCCC(=O)NC(CO)C(O)CCCCCCCCCCCCCC. The third-order valence-electron chi connectivity index (χ3n) is 17.7. The van der Waals surface area contributed by atoms with Crippen LogP contribution in [0.4, 0.5) is 0 Å². The van der Waals surface area contributed by atoms with Crippen molar-refractivity contribution >= 4 is 11.9 Å². The summed E-state index contributed by atoms with van der Waals surface area (Å²) in [5.74, 6) is -0.000824. The maximum Gasteiger partial charge on any atom is 0.305 e. The van der Waals surface area contributed by atoms with Crippen molar-refractivity contribution in [3.8, 4) is 0 Å². The fraction of sp³-hybridized carbons (Fsp3) is 0.973. The monoisotopic (exact) mass is 1120 g/mol. The van der Waals surface area contributed by atoms with Crippen LogP contribution in [0.25, 0.3) is 0 Å². The van der Waals surface area contributed by atoms with Crippen LogP contribution in [0.5, 0.6) is 0 Å². The highest BCUT2D eigenvalue weighted by Gasteiger charge is 2.20. The van der Waals surface area contributed by atoms with Gasteiger partial charge in [-0.25, -0.2) is 0 Å². The summed E-state index contributed by atoms with van der Waals surface area (Å²) < 4.78 is 5.49. The molecule has 0 rings (SSSR count). The molecule has 6 nitrogen and oxygen atoms in total. The molecule has 0 aliphatic carbocycles. The highest BCUT2D eigenvalue weighted by molar-refractivity contribution is 5.76. The zero-order valence-corrected chi connectivity index (χ0v) is 54.2. The first kappa shape index (κ1) is 77.9. The summed E-state index contributed by atoms with van der Waals surface area (Å²) in [4.78, 5) is 24.5. The molecule has 0 saturated heterocycles. The molecule has 6 heteroatoms. The van der Waals surface area contributed by atoms with Crippen molar-refractivity contribution in [2.24, 2.45) is 0 Å². The summed E-state index contributed by atoms with van der Waals surface area (Å²) in [5.41, 5.74) is 0. The van der Waals surface area contributed by atoms with Gasteiger partial charge in [0.15, 0.2) is 0 Å². The molecule has 0 aromatic carbocycles. The molecule has 3 N–H and O–H groups in total. The Morgan fingerprint density at radius 3 is 0.772 bits per heavy atom. The molecule has 1 amide bonds.